The maximum absolute atomic E-state index is 3.77. The van der Waals surface area contributed by atoms with Gasteiger partial charge in [0.2, 0.25) is 0 Å². The molecule has 0 aliphatic rings. The highest BCUT2D eigenvalue weighted by Crippen LogP contribution is 2.15. The molecule has 106 valence electrons. The molecule has 2 nitrogen and oxygen atoms in total. The van der Waals surface area contributed by atoms with Crippen LogP contribution >= 0.6 is 0 Å². The molecule has 1 aromatic carbocycles. The molecule has 0 heterocycles. The van der Waals surface area contributed by atoms with Crippen molar-refractivity contribution >= 4 is 0 Å². The molecule has 1 unspecified atom stereocenters. The lowest BCUT2D eigenvalue weighted by Crippen LogP contribution is -2.21. The van der Waals surface area contributed by atoms with Crippen LogP contribution in [0.5, 0.6) is 0 Å². The quantitative estimate of drug-likeness (QED) is 0.541. The molecule has 1 rings (SSSR count). The fourth-order valence-electron chi connectivity index (χ4n) is 2.16. The van der Waals surface area contributed by atoms with Gasteiger partial charge >= 0.3 is 0 Å². The average molecular weight is 260 g/mol. The summed E-state index contributed by atoms with van der Waals surface area (Å²) in [5.41, 5.74) is 2.78. The lowest BCUT2D eigenvalue weighted by atomic mass is 9.99. The Kier molecular flexibility index (Phi) is 7.46. The Hall–Kier alpha value is -1.12. The van der Waals surface area contributed by atoms with Crippen LogP contribution in [0.3, 0.4) is 0 Å². The average Bonchev–Trinajstić information content (AvgIpc) is 2.40. The number of hydrogen-bond donors (Lipinski definition) is 1. The maximum Gasteiger partial charge on any atom is 0.0233 e. The van der Waals surface area contributed by atoms with Gasteiger partial charge in [-0.25, -0.2) is 0 Å². The highest BCUT2D eigenvalue weighted by Gasteiger charge is 2.05. The van der Waals surface area contributed by atoms with Gasteiger partial charge in [-0.2, -0.15) is 0 Å². The van der Waals surface area contributed by atoms with Crippen LogP contribution in [0.2, 0.25) is 0 Å². The fraction of sp³-hybridized carbons (Fsp3) is 0.529. The lowest BCUT2D eigenvalue weighted by Gasteiger charge is -2.16. The van der Waals surface area contributed by atoms with E-state index in [1.54, 1.807) is 0 Å². The van der Waals surface area contributed by atoms with Crippen LogP contribution in [0.1, 0.15) is 37.3 Å². The molecule has 0 amide bonds. The summed E-state index contributed by atoms with van der Waals surface area (Å²) in [6.07, 6.45) is 3.14. The Bertz CT molecular complexity index is 356. The van der Waals surface area contributed by atoms with Crippen molar-refractivity contribution in [2.24, 2.45) is 0 Å². The molecule has 0 saturated heterocycles. The Morgan fingerprint density at radius 1 is 1.32 bits per heavy atom. The number of nitrogens with zero attached hydrogens (tertiary/aromatic N) is 1. The summed E-state index contributed by atoms with van der Waals surface area (Å²) in [5, 5.41) is 3.48. The second kappa shape index (κ2) is 8.89. The van der Waals surface area contributed by atoms with Crippen LogP contribution in [-0.4, -0.2) is 31.6 Å². The van der Waals surface area contributed by atoms with E-state index in [1.807, 2.05) is 6.08 Å². The van der Waals surface area contributed by atoms with E-state index in [9.17, 15) is 0 Å². The van der Waals surface area contributed by atoms with Crippen LogP contribution in [-0.2, 0) is 6.54 Å². The van der Waals surface area contributed by atoms with Gasteiger partial charge in [0.1, 0.15) is 0 Å². The third-order valence-electron chi connectivity index (χ3n) is 3.32. The van der Waals surface area contributed by atoms with E-state index < -0.39 is 0 Å². The largest absolute Gasteiger partial charge is 0.316 e. The van der Waals surface area contributed by atoms with E-state index in [0.29, 0.717) is 5.92 Å². The summed E-state index contributed by atoms with van der Waals surface area (Å²) in [5.74, 6) is 0.575. The molecule has 0 spiro atoms. The van der Waals surface area contributed by atoms with Crippen molar-refractivity contribution < 1.29 is 0 Å². The third kappa shape index (κ3) is 6.04. The van der Waals surface area contributed by atoms with Gasteiger partial charge in [-0.1, -0.05) is 44.2 Å². The van der Waals surface area contributed by atoms with E-state index in [-0.39, 0.29) is 0 Å². The van der Waals surface area contributed by atoms with Crippen molar-refractivity contribution in [3.05, 3.63) is 48.0 Å². The standard InChI is InChI=1S/C17H28N2/c1-5-11-18-13-15(3)17-9-7-16(8-10-17)14-19(4)12-6-2/h6-10,15,18H,2,5,11-14H2,1,3-4H3. The number of rotatable bonds is 9. The molecule has 0 bridgehead atoms. The van der Waals surface area contributed by atoms with Crippen LogP contribution < -0.4 is 5.32 Å². The highest BCUT2D eigenvalue weighted by atomic mass is 15.1. The fourth-order valence-corrected chi connectivity index (χ4v) is 2.16. The first-order valence-electron chi connectivity index (χ1n) is 7.26. The van der Waals surface area contributed by atoms with Crippen molar-refractivity contribution in [2.45, 2.75) is 32.7 Å². The molecular weight excluding hydrogens is 232 g/mol. The van der Waals surface area contributed by atoms with Crippen molar-refractivity contribution in [1.29, 1.82) is 0 Å². The van der Waals surface area contributed by atoms with Gasteiger partial charge in [0.15, 0.2) is 0 Å². The second-order valence-corrected chi connectivity index (χ2v) is 5.33. The summed E-state index contributed by atoms with van der Waals surface area (Å²) in [4.78, 5) is 2.26. The maximum atomic E-state index is 3.77. The van der Waals surface area contributed by atoms with Crippen molar-refractivity contribution in [2.75, 3.05) is 26.7 Å². The summed E-state index contributed by atoms with van der Waals surface area (Å²) >= 11 is 0. The van der Waals surface area contributed by atoms with Crippen molar-refractivity contribution in [1.82, 2.24) is 10.2 Å². The molecule has 1 atom stereocenters. The summed E-state index contributed by atoms with van der Waals surface area (Å²) in [7, 11) is 2.12. The molecule has 2 heteroatoms. The third-order valence-corrected chi connectivity index (χ3v) is 3.32. The number of hydrogen-bond acceptors (Lipinski definition) is 2. The lowest BCUT2D eigenvalue weighted by molar-refractivity contribution is 0.363. The van der Waals surface area contributed by atoms with Gasteiger partial charge < -0.3 is 5.32 Å². The van der Waals surface area contributed by atoms with Crippen LogP contribution in [0.25, 0.3) is 0 Å². The van der Waals surface area contributed by atoms with Gasteiger partial charge in [0.05, 0.1) is 0 Å². The molecule has 0 aromatic heterocycles. The molecule has 0 fully saturated rings. The zero-order chi connectivity index (χ0) is 14.1. The van der Waals surface area contributed by atoms with Gasteiger partial charge in [-0.15, -0.1) is 6.58 Å². The summed E-state index contributed by atoms with van der Waals surface area (Å²) in [6, 6.07) is 9.00. The monoisotopic (exact) mass is 260 g/mol. The topological polar surface area (TPSA) is 15.3 Å². The first-order chi connectivity index (χ1) is 9.17. The molecule has 1 N–H and O–H groups in total. The molecule has 0 aliphatic carbocycles. The SMILES string of the molecule is C=CCN(C)Cc1ccc(C(C)CNCCC)cc1. The minimum atomic E-state index is 0.575. The Balaban J connectivity index is 2.48. The molecule has 0 radical (unpaired) electrons. The zero-order valence-corrected chi connectivity index (χ0v) is 12.7. The van der Waals surface area contributed by atoms with Crippen molar-refractivity contribution in [3.8, 4) is 0 Å². The summed E-state index contributed by atoms with van der Waals surface area (Å²) < 4.78 is 0. The normalized spacial score (nSPS) is 12.6. The molecule has 0 saturated carbocycles. The minimum Gasteiger partial charge on any atom is -0.316 e. The zero-order valence-electron chi connectivity index (χ0n) is 12.7. The first-order valence-corrected chi connectivity index (χ1v) is 7.26. The van der Waals surface area contributed by atoms with Gasteiger partial charge in [0, 0.05) is 19.6 Å². The second-order valence-electron chi connectivity index (χ2n) is 5.33. The number of nitrogens with one attached hydrogen (secondary N) is 1. The summed E-state index contributed by atoms with van der Waals surface area (Å²) in [6.45, 7) is 12.3. The van der Waals surface area contributed by atoms with Crippen LogP contribution in [0, 0.1) is 0 Å². The van der Waals surface area contributed by atoms with E-state index in [0.717, 1.165) is 26.2 Å². The van der Waals surface area contributed by atoms with E-state index in [2.05, 4.69) is 62.0 Å². The molecular formula is C17H28N2. The predicted octanol–water partition coefficient (Wildman–Crippen LogP) is 3.41. The smallest absolute Gasteiger partial charge is 0.0233 e. The minimum absolute atomic E-state index is 0.575. The Morgan fingerprint density at radius 3 is 2.58 bits per heavy atom. The molecule has 19 heavy (non-hydrogen) atoms. The van der Waals surface area contributed by atoms with E-state index >= 15 is 0 Å². The van der Waals surface area contributed by atoms with Gasteiger partial charge in [0.25, 0.3) is 0 Å². The van der Waals surface area contributed by atoms with Gasteiger partial charge in [-0.3, -0.25) is 4.90 Å². The van der Waals surface area contributed by atoms with Crippen LogP contribution in [0.15, 0.2) is 36.9 Å². The number of likely N-dealkylation sites (N-methyl/N-ethyl adjacent to an activating group) is 1. The van der Waals surface area contributed by atoms with E-state index in [4.69, 9.17) is 0 Å². The number of benzene rings is 1. The van der Waals surface area contributed by atoms with Gasteiger partial charge in [-0.05, 0) is 37.1 Å². The molecule has 1 aromatic rings. The highest BCUT2D eigenvalue weighted by molar-refractivity contribution is 5.25. The Labute approximate surface area is 118 Å². The van der Waals surface area contributed by atoms with Crippen molar-refractivity contribution in [3.63, 3.8) is 0 Å². The van der Waals surface area contributed by atoms with Crippen LogP contribution in [0.4, 0.5) is 0 Å². The molecule has 0 aliphatic heterocycles. The van der Waals surface area contributed by atoms with E-state index in [1.165, 1.54) is 17.5 Å². The Morgan fingerprint density at radius 2 is 2.00 bits per heavy atom. The first kappa shape index (κ1) is 15.9. The predicted molar refractivity (Wildman–Crippen MR) is 84.5 cm³/mol.